The molecule has 0 aliphatic rings. The summed E-state index contributed by atoms with van der Waals surface area (Å²) in [6.07, 6.45) is 1.71. The van der Waals surface area contributed by atoms with Gasteiger partial charge in [-0.05, 0) is 68.7 Å². The minimum Gasteiger partial charge on any atom is -0.466 e. The second-order valence-electron chi connectivity index (χ2n) is 6.64. The number of halogens is 1. The maximum absolute atomic E-state index is 12.1. The number of benzene rings is 2. The van der Waals surface area contributed by atoms with Crippen LogP contribution in [-0.2, 0) is 25.5 Å². The SMILES string of the molecule is CCOC(=O)C(CC)Cc1ccc2cc(C)n(-c3ccc(Cl)cc3)c2c1.O=C=O. The second kappa shape index (κ2) is 10.6. The molecular formula is C23H24ClNO4. The third-order valence-electron chi connectivity index (χ3n) is 4.73. The van der Waals surface area contributed by atoms with Gasteiger partial charge in [-0.2, -0.15) is 9.59 Å². The lowest BCUT2D eigenvalue weighted by molar-refractivity contribution is -0.191. The number of esters is 1. The van der Waals surface area contributed by atoms with Gasteiger partial charge in [0, 0.05) is 21.8 Å². The zero-order valence-corrected chi connectivity index (χ0v) is 17.5. The van der Waals surface area contributed by atoms with Crippen molar-refractivity contribution >= 4 is 34.6 Å². The zero-order chi connectivity index (χ0) is 21.4. The van der Waals surface area contributed by atoms with E-state index >= 15 is 0 Å². The predicted octanol–water partition coefficient (Wildman–Crippen LogP) is 5.14. The number of aromatic nitrogens is 1. The lowest BCUT2D eigenvalue weighted by atomic mass is 9.96. The normalized spacial score (nSPS) is 11.3. The zero-order valence-electron chi connectivity index (χ0n) is 16.8. The summed E-state index contributed by atoms with van der Waals surface area (Å²) in [6.45, 7) is 6.40. The average molecular weight is 414 g/mol. The number of carbonyl (C=O) groups is 1. The van der Waals surface area contributed by atoms with Crippen LogP contribution in [0.3, 0.4) is 0 Å². The molecule has 0 fully saturated rings. The van der Waals surface area contributed by atoms with Gasteiger partial charge in [-0.1, -0.05) is 30.7 Å². The number of rotatable bonds is 6. The first-order valence-corrected chi connectivity index (χ1v) is 9.85. The third kappa shape index (κ3) is 5.57. The number of aryl methyl sites for hydroxylation is 1. The second-order valence-corrected chi connectivity index (χ2v) is 7.07. The first kappa shape index (κ1) is 22.4. The Balaban J connectivity index is 0.000000941. The summed E-state index contributed by atoms with van der Waals surface area (Å²) < 4.78 is 7.43. The smallest absolute Gasteiger partial charge is 0.373 e. The summed E-state index contributed by atoms with van der Waals surface area (Å²) in [5.41, 5.74) is 4.53. The standard InChI is InChI=1S/C22H24ClNO2.CO2/c1-4-17(22(25)26-5-2)13-16-6-7-18-12-15(3)24(21(18)14-16)20-10-8-19(23)9-11-20;2-1-3/h6-12,14,17H,4-5,13H2,1-3H3;. The van der Waals surface area contributed by atoms with E-state index < -0.39 is 0 Å². The monoisotopic (exact) mass is 413 g/mol. The lowest BCUT2D eigenvalue weighted by Gasteiger charge is -2.14. The molecule has 1 atom stereocenters. The van der Waals surface area contributed by atoms with Gasteiger partial charge in [0.2, 0.25) is 0 Å². The molecule has 0 spiro atoms. The molecule has 29 heavy (non-hydrogen) atoms. The molecule has 0 bridgehead atoms. The van der Waals surface area contributed by atoms with E-state index in [2.05, 4.69) is 35.8 Å². The van der Waals surface area contributed by atoms with Crippen LogP contribution in [0.2, 0.25) is 5.02 Å². The van der Waals surface area contributed by atoms with Crippen LogP contribution >= 0.6 is 11.6 Å². The summed E-state index contributed by atoms with van der Waals surface area (Å²) >= 11 is 6.03. The molecule has 0 radical (unpaired) electrons. The molecule has 5 nitrogen and oxygen atoms in total. The molecule has 0 aliphatic carbocycles. The minimum absolute atomic E-state index is 0.104. The quantitative estimate of drug-likeness (QED) is 0.525. The van der Waals surface area contributed by atoms with Crippen LogP contribution in [0.4, 0.5) is 0 Å². The molecule has 0 N–H and O–H groups in total. The molecule has 1 unspecified atom stereocenters. The highest BCUT2D eigenvalue weighted by molar-refractivity contribution is 6.30. The van der Waals surface area contributed by atoms with E-state index in [1.807, 2.05) is 38.1 Å². The minimum atomic E-state index is -0.112. The summed E-state index contributed by atoms with van der Waals surface area (Å²) in [5.74, 6) is -0.216. The highest BCUT2D eigenvalue weighted by Crippen LogP contribution is 2.27. The van der Waals surface area contributed by atoms with Crippen LogP contribution < -0.4 is 0 Å². The van der Waals surface area contributed by atoms with Crippen molar-refractivity contribution in [3.05, 3.63) is 64.8 Å². The van der Waals surface area contributed by atoms with E-state index in [1.165, 1.54) is 5.39 Å². The van der Waals surface area contributed by atoms with E-state index in [-0.39, 0.29) is 18.0 Å². The number of nitrogens with zero attached hydrogens (tertiary/aromatic N) is 1. The maximum Gasteiger partial charge on any atom is 0.373 e. The molecule has 2 aromatic carbocycles. The van der Waals surface area contributed by atoms with Crippen LogP contribution in [0, 0.1) is 12.8 Å². The Hall–Kier alpha value is -2.88. The van der Waals surface area contributed by atoms with Crippen LogP contribution in [-0.4, -0.2) is 23.3 Å². The van der Waals surface area contributed by atoms with Gasteiger partial charge in [-0.15, -0.1) is 0 Å². The van der Waals surface area contributed by atoms with Crippen molar-refractivity contribution in [2.75, 3.05) is 6.61 Å². The Morgan fingerprint density at radius 2 is 1.76 bits per heavy atom. The van der Waals surface area contributed by atoms with Gasteiger partial charge >= 0.3 is 12.1 Å². The van der Waals surface area contributed by atoms with Gasteiger partial charge in [-0.25, -0.2) is 0 Å². The van der Waals surface area contributed by atoms with Crippen molar-refractivity contribution in [2.24, 2.45) is 5.92 Å². The lowest BCUT2D eigenvalue weighted by Crippen LogP contribution is -2.19. The third-order valence-corrected chi connectivity index (χ3v) is 4.98. The van der Waals surface area contributed by atoms with E-state index in [0.29, 0.717) is 13.0 Å². The molecule has 0 aliphatic heterocycles. The van der Waals surface area contributed by atoms with Gasteiger partial charge in [0.05, 0.1) is 18.0 Å². The van der Waals surface area contributed by atoms with E-state index in [4.69, 9.17) is 25.9 Å². The van der Waals surface area contributed by atoms with Crippen LogP contribution in [0.25, 0.3) is 16.6 Å². The molecule has 3 rings (SSSR count). The Kier molecular flexibility index (Phi) is 8.20. The molecule has 1 heterocycles. The van der Waals surface area contributed by atoms with Crippen molar-refractivity contribution in [3.63, 3.8) is 0 Å². The highest BCUT2D eigenvalue weighted by atomic mass is 35.5. The highest BCUT2D eigenvalue weighted by Gasteiger charge is 2.19. The van der Waals surface area contributed by atoms with Crippen LogP contribution in [0.5, 0.6) is 0 Å². The van der Waals surface area contributed by atoms with Crippen molar-refractivity contribution in [3.8, 4) is 5.69 Å². The first-order chi connectivity index (χ1) is 13.9. The van der Waals surface area contributed by atoms with E-state index in [1.54, 1.807) is 0 Å². The van der Waals surface area contributed by atoms with Crippen molar-refractivity contribution in [1.82, 2.24) is 4.57 Å². The molecular weight excluding hydrogens is 390 g/mol. The Morgan fingerprint density at radius 3 is 2.34 bits per heavy atom. The van der Waals surface area contributed by atoms with Gasteiger partial charge in [0.25, 0.3) is 0 Å². The molecule has 0 saturated heterocycles. The summed E-state index contributed by atoms with van der Waals surface area (Å²) in [7, 11) is 0. The summed E-state index contributed by atoms with van der Waals surface area (Å²) in [6, 6.07) is 16.4. The first-order valence-electron chi connectivity index (χ1n) is 9.47. The number of fused-ring (bicyclic) bond motifs is 1. The fourth-order valence-electron chi connectivity index (χ4n) is 3.38. The predicted molar refractivity (Wildman–Crippen MR) is 112 cm³/mol. The molecule has 6 heteroatoms. The Bertz CT molecular complexity index is 1000. The van der Waals surface area contributed by atoms with Gasteiger partial charge in [0.15, 0.2) is 0 Å². The fourth-order valence-corrected chi connectivity index (χ4v) is 3.51. The Labute approximate surface area is 175 Å². The number of hydrogen-bond acceptors (Lipinski definition) is 4. The molecule has 152 valence electrons. The summed E-state index contributed by atoms with van der Waals surface area (Å²) in [4.78, 5) is 28.4. The van der Waals surface area contributed by atoms with E-state index in [0.717, 1.165) is 33.9 Å². The van der Waals surface area contributed by atoms with Gasteiger partial charge < -0.3 is 9.30 Å². The molecule has 0 amide bonds. The number of hydrogen-bond donors (Lipinski definition) is 0. The van der Waals surface area contributed by atoms with Crippen LogP contribution in [0.1, 0.15) is 31.5 Å². The van der Waals surface area contributed by atoms with Crippen molar-refractivity contribution in [2.45, 2.75) is 33.6 Å². The molecule has 0 saturated carbocycles. The van der Waals surface area contributed by atoms with Gasteiger partial charge in [0.1, 0.15) is 0 Å². The fraction of sp³-hybridized carbons (Fsp3) is 0.304. The van der Waals surface area contributed by atoms with Gasteiger partial charge in [-0.3, -0.25) is 4.79 Å². The number of carbonyl (C=O) groups excluding carboxylic acids is 3. The maximum atomic E-state index is 12.1. The topological polar surface area (TPSA) is 65.4 Å². The Morgan fingerprint density at radius 1 is 1.10 bits per heavy atom. The number of ether oxygens (including phenoxy) is 1. The van der Waals surface area contributed by atoms with Crippen molar-refractivity contribution in [1.29, 1.82) is 0 Å². The van der Waals surface area contributed by atoms with Crippen LogP contribution in [0.15, 0.2) is 48.5 Å². The average Bonchev–Trinajstić information content (AvgIpc) is 3.02. The molecule has 3 aromatic rings. The largest absolute Gasteiger partial charge is 0.466 e. The van der Waals surface area contributed by atoms with Crippen molar-refractivity contribution < 1.29 is 19.1 Å². The molecule has 1 aromatic heterocycles. The summed E-state index contributed by atoms with van der Waals surface area (Å²) in [5, 5.41) is 1.91. The van der Waals surface area contributed by atoms with E-state index in [9.17, 15) is 4.79 Å².